The molecule has 1 aromatic heterocycles. The summed E-state index contributed by atoms with van der Waals surface area (Å²) in [7, 11) is -10.4. The van der Waals surface area contributed by atoms with E-state index in [2.05, 4.69) is 9.51 Å². The second-order valence-corrected chi connectivity index (χ2v) is 8.66. The van der Waals surface area contributed by atoms with Crippen LogP contribution in [0.1, 0.15) is 19.5 Å². The maximum atomic E-state index is 12.1. The Hall–Kier alpha value is -0.590. The minimum Gasteiger partial charge on any atom is -0.367 e. The summed E-state index contributed by atoms with van der Waals surface area (Å²) in [6.07, 6.45) is -0.271. The summed E-state index contributed by atoms with van der Waals surface area (Å²) in [5, 5.41) is 6.90. The number of aromatic nitrogens is 1. The standard InChI is InChI=1S/C10H17NO7P2/c1-8(2)18-20(16,17)10(12,19(13,14)15)7-9-5-3-4-6-11-9/h3-6,8,12H,7H2,1-2H3,(H,16,17)(H2,13,14,15). The van der Waals surface area contributed by atoms with E-state index in [4.69, 9.17) is 0 Å². The molecule has 1 heterocycles. The van der Waals surface area contributed by atoms with Gasteiger partial charge in [0.05, 0.1) is 6.10 Å². The predicted molar refractivity (Wildman–Crippen MR) is 71.0 cm³/mol. The maximum absolute atomic E-state index is 12.1. The van der Waals surface area contributed by atoms with Crippen molar-refractivity contribution in [1.82, 2.24) is 4.98 Å². The van der Waals surface area contributed by atoms with Crippen LogP contribution in [0.3, 0.4) is 0 Å². The van der Waals surface area contributed by atoms with Gasteiger partial charge in [-0.05, 0) is 26.0 Å². The second-order valence-electron chi connectivity index (χ2n) is 4.49. The Bertz CT molecular complexity index is 544. The molecule has 0 aliphatic rings. The first-order valence-electron chi connectivity index (χ1n) is 5.69. The molecule has 0 saturated heterocycles. The van der Waals surface area contributed by atoms with Crippen molar-refractivity contribution in [2.45, 2.75) is 31.5 Å². The molecule has 0 aliphatic heterocycles. The smallest absolute Gasteiger partial charge is 0.367 e. The van der Waals surface area contributed by atoms with Crippen LogP contribution in [-0.2, 0) is 20.1 Å². The number of pyridine rings is 1. The van der Waals surface area contributed by atoms with Crippen molar-refractivity contribution in [3.8, 4) is 0 Å². The average molecular weight is 325 g/mol. The molecule has 0 amide bonds. The average Bonchev–Trinajstić information content (AvgIpc) is 2.26. The summed E-state index contributed by atoms with van der Waals surface area (Å²) in [6, 6.07) is 4.45. The molecule has 0 fully saturated rings. The van der Waals surface area contributed by atoms with Crippen LogP contribution in [0.4, 0.5) is 0 Å². The zero-order chi connectivity index (χ0) is 15.6. The SMILES string of the molecule is CC(C)OP(=O)(O)C(O)(Cc1ccccn1)P(=O)(O)O. The Balaban J connectivity index is 3.24. The Kier molecular flexibility index (Phi) is 5.27. The third-order valence-corrected chi connectivity index (χ3v) is 6.82. The summed E-state index contributed by atoms with van der Waals surface area (Å²) in [4.78, 5) is 32.1. The lowest BCUT2D eigenvalue weighted by atomic mass is 10.3. The summed E-state index contributed by atoms with van der Waals surface area (Å²) in [5.41, 5.74) is 0.0555. The van der Waals surface area contributed by atoms with E-state index in [1.165, 1.54) is 32.2 Å². The molecule has 4 N–H and O–H groups in total. The fourth-order valence-corrected chi connectivity index (χ4v) is 4.41. The van der Waals surface area contributed by atoms with Crippen LogP contribution in [0.15, 0.2) is 24.4 Å². The summed E-state index contributed by atoms with van der Waals surface area (Å²) in [5.74, 6) is 0. The van der Waals surface area contributed by atoms with Crippen molar-refractivity contribution in [2.24, 2.45) is 0 Å². The van der Waals surface area contributed by atoms with Gasteiger partial charge in [-0.1, -0.05) is 6.07 Å². The van der Waals surface area contributed by atoms with Gasteiger partial charge in [-0.15, -0.1) is 0 Å². The van der Waals surface area contributed by atoms with Crippen molar-refractivity contribution in [3.63, 3.8) is 0 Å². The van der Waals surface area contributed by atoms with Gasteiger partial charge in [0.2, 0.25) is 0 Å². The maximum Gasteiger partial charge on any atom is 0.372 e. The quantitative estimate of drug-likeness (QED) is 0.570. The minimum absolute atomic E-state index is 0.0555. The van der Waals surface area contributed by atoms with Gasteiger partial charge >= 0.3 is 15.2 Å². The number of nitrogens with zero attached hydrogens (tertiary/aromatic N) is 1. The first kappa shape index (κ1) is 17.5. The molecule has 2 unspecified atom stereocenters. The van der Waals surface area contributed by atoms with Gasteiger partial charge in [0.25, 0.3) is 5.08 Å². The van der Waals surface area contributed by atoms with Crippen molar-refractivity contribution in [1.29, 1.82) is 0 Å². The van der Waals surface area contributed by atoms with E-state index in [0.29, 0.717) is 0 Å². The summed E-state index contributed by atoms with van der Waals surface area (Å²) in [6.45, 7) is 2.81. The third kappa shape index (κ3) is 3.74. The van der Waals surface area contributed by atoms with Crippen LogP contribution in [0.5, 0.6) is 0 Å². The van der Waals surface area contributed by atoms with E-state index in [-0.39, 0.29) is 5.69 Å². The molecule has 2 atom stereocenters. The van der Waals surface area contributed by atoms with Gasteiger partial charge in [-0.3, -0.25) is 14.1 Å². The molecule has 114 valence electrons. The lowest BCUT2D eigenvalue weighted by Gasteiger charge is -2.32. The highest BCUT2D eigenvalue weighted by atomic mass is 31.2. The Morgan fingerprint density at radius 2 is 1.90 bits per heavy atom. The largest absolute Gasteiger partial charge is 0.372 e. The molecule has 0 aliphatic carbocycles. The monoisotopic (exact) mass is 325 g/mol. The number of hydrogen-bond acceptors (Lipinski definition) is 5. The van der Waals surface area contributed by atoms with Crippen LogP contribution in [0.25, 0.3) is 0 Å². The molecule has 10 heteroatoms. The van der Waals surface area contributed by atoms with Gasteiger partial charge in [0.1, 0.15) is 0 Å². The van der Waals surface area contributed by atoms with Gasteiger partial charge < -0.3 is 24.3 Å². The molecule has 8 nitrogen and oxygen atoms in total. The third-order valence-electron chi connectivity index (χ3n) is 2.42. The van der Waals surface area contributed by atoms with Gasteiger partial charge in [-0.2, -0.15) is 0 Å². The Morgan fingerprint density at radius 3 is 2.30 bits per heavy atom. The van der Waals surface area contributed by atoms with Crippen molar-refractivity contribution in [2.75, 3.05) is 0 Å². The molecular weight excluding hydrogens is 308 g/mol. The molecule has 0 aromatic carbocycles. The van der Waals surface area contributed by atoms with E-state index >= 15 is 0 Å². The zero-order valence-electron chi connectivity index (χ0n) is 10.9. The van der Waals surface area contributed by atoms with Gasteiger partial charge in [0, 0.05) is 18.3 Å². The van der Waals surface area contributed by atoms with Crippen LogP contribution in [0, 0.1) is 0 Å². The van der Waals surface area contributed by atoms with Crippen molar-refractivity contribution < 1.29 is 33.4 Å². The van der Waals surface area contributed by atoms with E-state index in [9.17, 15) is 28.9 Å². The number of hydrogen-bond donors (Lipinski definition) is 4. The van der Waals surface area contributed by atoms with Crippen LogP contribution < -0.4 is 0 Å². The fourth-order valence-electron chi connectivity index (χ4n) is 1.48. The normalized spacial score (nSPS) is 18.6. The number of aliphatic hydroxyl groups is 1. The highest BCUT2D eigenvalue weighted by Crippen LogP contribution is 2.71. The van der Waals surface area contributed by atoms with Crippen LogP contribution >= 0.6 is 15.2 Å². The summed E-state index contributed by atoms with van der Waals surface area (Å²) < 4.78 is 28.2. The van der Waals surface area contributed by atoms with E-state index in [0.717, 1.165) is 0 Å². The molecule has 0 saturated carbocycles. The molecule has 20 heavy (non-hydrogen) atoms. The molecule has 1 aromatic rings. The van der Waals surface area contributed by atoms with Gasteiger partial charge in [-0.25, -0.2) is 0 Å². The lowest BCUT2D eigenvalue weighted by molar-refractivity contribution is 0.102. The molecule has 0 spiro atoms. The molecular formula is C10H17NO7P2. The van der Waals surface area contributed by atoms with E-state index < -0.39 is 32.8 Å². The highest BCUT2D eigenvalue weighted by molar-refractivity contribution is 7.72. The molecule has 0 bridgehead atoms. The molecule has 0 radical (unpaired) electrons. The topological polar surface area (TPSA) is 137 Å². The zero-order valence-corrected chi connectivity index (χ0v) is 12.7. The minimum atomic E-state index is -5.35. The lowest BCUT2D eigenvalue weighted by Crippen LogP contribution is -2.33. The second kappa shape index (κ2) is 6.03. The predicted octanol–water partition coefficient (Wildman–Crippen LogP) is 1.06. The van der Waals surface area contributed by atoms with Crippen molar-refractivity contribution in [3.05, 3.63) is 30.1 Å². The van der Waals surface area contributed by atoms with Crippen LogP contribution in [-0.4, -0.2) is 36.0 Å². The summed E-state index contributed by atoms with van der Waals surface area (Å²) >= 11 is 0. The Labute approximate surface area is 116 Å². The fraction of sp³-hybridized carbons (Fsp3) is 0.500. The first-order valence-corrected chi connectivity index (χ1v) is 8.88. The first-order chi connectivity index (χ1) is 8.99. The Morgan fingerprint density at radius 1 is 1.30 bits per heavy atom. The van der Waals surface area contributed by atoms with E-state index in [1.807, 2.05) is 0 Å². The van der Waals surface area contributed by atoms with E-state index in [1.54, 1.807) is 6.07 Å². The number of rotatable bonds is 6. The van der Waals surface area contributed by atoms with Crippen LogP contribution in [0.2, 0.25) is 0 Å². The molecule has 1 rings (SSSR count). The highest BCUT2D eigenvalue weighted by Gasteiger charge is 2.61. The van der Waals surface area contributed by atoms with Crippen molar-refractivity contribution >= 4 is 15.2 Å². The van der Waals surface area contributed by atoms with Gasteiger partial charge in [0.15, 0.2) is 0 Å².